The number of thiophene rings is 1. The number of aryl methyl sites for hydroxylation is 4. The van der Waals surface area contributed by atoms with Crippen LogP contribution in [0.2, 0.25) is 0 Å². The predicted octanol–water partition coefficient (Wildman–Crippen LogP) is 6.53. The van der Waals surface area contributed by atoms with Gasteiger partial charge in [0.1, 0.15) is 0 Å². The van der Waals surface area contributed by atoms with Crippen molar-refractivity contribution in [1.29, 1.82) is 0 Å². The quantitative estimate of drug-likeness (QED) is 0.449. The van der Waals surface area contributed by atoms with Crippen LogP contribution in [0.15, 0.2) is 53.9 Å². The molecule has 0 amide bonds. The maximum absolute atomic E-state index is 12.4. The third-order valence-electron chi connectivity index (χ3n) is 5.35. The van der Waals surface area contributed by atoms with Gasteiger partial charge in [0.15, 0.2) is 9.84 Å². The molecular formula is C25H30O2S2. The Bertz CT molecular complexity index is 1080. The maximum atomic E-state index is 12.4. The van der Waals surface area contributed by atoms with Crippen molar-refractivity contribution >= 4 is 21.2 Å². The molecule has 29 heavy (non-hydrogen) atoms. The molecule has 2 aromatic carbocycles. The van der Waals surface area contributed by atoms with Crippen LogP contribution >= 0.6 is 11.3 Å². The first-order valence-electron chi connectivity index (χ1n) is 10.0. The fourth-order valence-electron chi connectivity index (χ4n) is 3.23. The second kappa shape index (κ2) is 8.45. The van der Waals surface area contributed by atoms with Crippen LogP contribution in [0.4, 0.5) is 0 Å². The average Bonchev–Trinajstić information content (AvgIpc) is 3.07. The van der Waals surface area contributed by atoms with Gasteiger partial charge in [0, 0.05) is 4.88 Å². The van der Waals surface area contributed by atoms with Gasteiger partial charge in [0.05, 0.1) is 10.5 Å². The van der Waals surface area contributed by atoms with Crippen molar-refractivity contribution in [2.75, 3.05) is 0 Å². The van der Waals surface area contributed by atoms with E-state index in [1.807, 2.05) is 12.1 Å². The largest absolute Gasteiger partial charge is 0.228 e. The van der Waals surface area contributed by atoms with E-state index in [0.717, 1.165) is 18.4 Å². The van der Waals surface area contributed by atoms with Crippen molar-refractivity contribution in [3.8, 4) is 10.4 Å². The van der Waals surface area contributed by atoms with Crippen LogP contribution in [-0.4, -0.2) is 13.2 Å². The molecule has 154 valence electrons. The van der Waals surface area contributed by atoms with Crippen molar-refractivity contribution in [3.05, 3.63) is 81.7 Å². The first-order valence-corrected chi connectivity index (χ1v) is 12.5. The van der Waals surface area contributed by atoms with E-state index in [-0.39, 0.29) is 5.75 Å². The van der Waals surface area contributed by atoms with Gasteiger partial charge in [-0.1, -0.05) is 42.5 Å². The lowest BCUT2D eigenvalue weighted by molar-refractivity contribution is 0.559. The molecular weight excluding hydrogens is 396 g/mol. The minimum Gasteiger partial charge on any atom is -0.228 e. The molecule has 0 saturated heterocycles. The number of sulfone groups is 1. The first-order chi connectivity index (χ1) is 13.5. The molecule has 0 saturated carbocycles. The van der Waals surface area contributed by atoms with Crippen LogP contribution in [-0.2, 0) is 28.4 Å². The topological polar surface area (TPSA) is 34.1 Å². The summed E-state index contributed by atoms with van der Waals surface area (Å²) in [4.78, 5) is 1.32. The summed E-state index contributed by atoms with van der Waals surface area (Å²) >= 11 is 1.79. The van der Waals surface area contributed by atoms with Gasteiger partial charge < -0.3 is 0 Å². The average molecular weight is 427 g/mol. The van der Waals surface area contributed by atoms with Gasteiger partial charge >= 0.3 is 0 Å². The van der Waals surface area contributed by atoms with E-state index in [1.165, 1.54) is 32.7 Å². The van der Waals surface area contributed by atoms with Crippen molar-refractivity contribution in [2.45, 2.75) is 58.0 Å². The zero-order valence-corrected chi connectivity index (χ0v) is 19.6. The van der Waals surface area contributed by atoms with Gasteiger partial charge in [-0.2, -0.15) is 0 Å². The van der Waals surface area contributed by atoms with Crippen LogP contribution in [0.25, 0.3) is 10.4 Å². The smallest absolute Gasteiger partial charge is 0.159 e. The third kappa shape index (κ3) is 5.37. The molecule has 2 nitrogen and oxygen atoms in total. The van der Waals surface area contributed by atoms with E-state index >= 15 is 0 Å². The second-order valence-corrected chi connectivity index (χ2v) is 12.5. The molecule has 3 rings (SSSR count). The lowest BCUT2D eigenvalue weighted by Gasteiger charge is -2.19. The molecule has 0 unspecified atom stereocenters. The standard InChI is InChI=1S/C25H30O2S2/c1-18-14-24(28-16-18)23-13-12-22(19(2)15-23)11-10-20-6-8-21(9-7-20)17-29(26,27)25(3,4)5/h6-9,12-16H,10-11,17H2,1-5H3. The highest BCUT2D eigenvalue weighted by Gasteiger charge is 2.28. The predicted molar refractivity (Wildman–Crippen MR) is 125 cm³/mol. The van der Waals surface area contributed by atoms with Gasteiger partial charge in [-0.05, 0) is 92.3 Å². The number of benzene rings is 2. The lowest BCUT2D eigenvalue weighted by Crippen LogP contribution is -2.29. The Hall–Kier alpha value is -1.91. The molecule has 0 atom stereocenters. The van der Waals surface area contributed by atoms with Gasteiger partial charge in [0.2, 0.25) is 0 Å². The molecule has 0 N–H and O–H groups in total. The van der Waals surface area contributed by atoms with Crippen molar-refractivity contribution in [1.82, 2.24) is 0 Å². The lowest BCUT2D eigenvalue weighted by atomic mass is 9.98. The van der Waals surface area contributed by atoms with Crippen LogP contribution in [0.5, 0.6) is 0 Å². The minimum atomic E-state index is -3.15. The molecule has 1 heterocycles. The first kappa shape index (κ1) is 21.8. The van der Waals surface area contributed by atoms with E-state index in [9.17, 15) is 8.42 Å². The molecule has 0 aliphatic carbocycles. The molecule has 0 spiro atoms. The molecule has 3 aromatic rings. The maximum Gasteiger partial charge on any atom is 0.159 e. The van der Waals surface area contributed by atoms with E-state index < -0.39 is 14.6 Å². The zero-order valence-electron chi connectivity index (χ0n) is 18.0. The minimum absolute atomic E-state index is 0.0968. The van der Waals surface area contributed by atoms with E-state index in [2.05, 4.69) is 55.6 Å². The summed E-state index contributed by atoms with van der Waals surface area (Å²) in [6.07, 6.45) is 1.93. The Labute approximate surface area is 179 Å². The Morgan fingerprint density at radius 2 is 1.52 bits per heavy atom. The van der Waals surface area contributed by atoms with Crippen LogP contribution < -0.4 is 0 Å². The molecule has 0 aliphatic heterocycles. The van der Waals surface area contributed by atoms with Crippen LogP contribution in [0.1, 0.15) is 48.6 Å². The highest BCUT2D eigenvalue weighted by Crippen LogP contribution is 2.29. The molecule has 4 heteroatoms. The van der Waals surface area contributed by atoms with Crippen molar-refractivity contribution < 1.29 is 8.42 Å². The van der Waals surface area contributed by atoms with Crippen molar-refractivity contribution in [2.24, 2.45) is 0 Å². The molecule has 0 radical (unpaired) electrons. The van der Waals surface area contributed by atoms with Gasteiger partial charge in [-0.3, -0.25) is 0 Å². The zero-order chi connectivity index (χ0) is 21.2. The summed E-state index contributed by atoms with van der Waals surface area (Å²) in [5.74, 6) is 0.0968. The van der Waals surface area contributed by atoms with Gasteiger partial charge in [-0.25, -0.2) is 8.42 Å². The SMILES string of the molecule is Cc1csc(-c2ccc(CCc3ccc(CS(=O)(=O)C(C)(C)C)cc3)c(C)c2)c1. The normalized spacial score (nSPS) is 12.3. The van der Waals surface area contributed by atoms with E-state index in [1.54, 1.807) is 32.1 Å². The van der Waals surface area contributed by atoms with E-state index in [4.69, 9.17) is 0 Å². The molecule has 0 bridgehead atoms. The summed E-state index contributed by atoms with van der Waals surface area (Å²) in [5.41, 5.74) is 7.37. The molecule has 1 aromatic heterocycles. The summed E-state index contributed by atoms with van der Waals surface area (Å²) in [5, 5.41) is 2.19. The Morgan fingerprint density at radius 3 is 2.07 bits per heavy atom. The number of hydrogen-bond donors (Lipinski definition) is 0. The third-order valence-corrected chi connectivity index (χ3v) is 9.03. The molecule has 0 fully saturated rings. The number of rotatable bonds is 6. The highest BCUT2D eigenvalue weighted by atomic mass is 32.2. The fourth-order valence-corrected chi connectivity index (χ4v) is 5.19. The Morgan fingerprint density at radius 1 is 0.862 bits per heavy atom. The summed E-state index contributed by atoms with van der Waals surface area (Å²) < 4.78 is 24.0. The molecule has 0 aliphatic rings. The summed E-state index contributed by atoms with van der Waals surface area (Å²) in [6.45, 7) is 9.57. The Balaban J connectivity index is 1.64. The highest BCUT2D eigenvalue weighted by molar-refractivity contribution is 7.91. The summed E-state index contributed by atoms with van der Waals surface area (Å²) in [6, 6.07) is 17.0. The van der Waals surface area contributed by atoms with Gasteiger partial charge in [0.25, 0.3) is 0 Å². The Kier molecular flexibility index (Phi) is 6.35. The van der Waals surface area contributed by atoms with Crippen LogP contribution in [0.3, 0.4) is 0 Å². The second-order valence-electron chi connectivity index (χ2n) is 8.82. The van der Waals surface area contributed by atoms with E-state index in [0.29, 0.717) is 0 Å². The summed E-state index contributed by atoms with van der Waals surface area (Å²) in [7, 11) is -3.15. The number of hydrogen-bond acceptors (Lipinski definition) is 3. The van der Waals surface area contributed by atoms with Crippen LogP contribution in [0, 0.1) is 13.8 Å². The fraction of sp³-hybridized carbons (Fsp3) is 0.360. The van der Waals surface area contributed by atoms with Gasteiger partial charge in [-0.15, -0.1) is 11.3 Å². The monoisotopic (exact) mass is 426 g/mol. The van der Waals surface area contributed by atoms with Crippen molar-refractivity contribution in [3.63, 3.8) is 0 Å².